The first-order chi connectivity index (χ1) is 8.16. The van der Waals surface area contributed by atoms with Crippen LogP contribution >= 0.6 is 0 Å². The van der Waals surface area contributed by atoms with Crippen LogP contribution in [0.5, 0.6) is 0 Å². The van der Waals surface area contributed by atoms with Gasteiger partial charge >= 0.3 is 0 Å². The van der Waals surface area contributed by atoms with Crippen molar-refractivity contribution >= 4 is 0 Å². The van der Waals surface area contributed by atoms with Crippen LogP contribution < -0.4 is 5.32 Å². The highest BCUT2D eigenvalue weighted by Gasteiger charge is 2.16. The lowest BCUT2D eigenvalue weighted by atomic mass is 9.93. The largest absolute Gasteiger partial charge is 0.314 e. The molecule has 1 aliphatic carbocycles. The van der Waals surface area contributed by atoms with Crippen molar-refractivity contribution in [2.24, 2.45) is 0 Å². The summed E-state index contributed by atoms with van der Waals surface area (Å²) in [6.07, 6.45) is 7.42. The van der Waals surface area contributed by atoms with Crippen molar-refractivity contribution in [3.8, 4) is 0 Å². The standard InChI is InChI=1S/C14H25N3/c1-11(2)14-8-10-17(16-14)12(3)7-9-15-13-5-4-6-13/h8,10-13,15H,4-7,9H2,1-3H3. The second-order valence-electron chi connectivity index (χ2n) is 5.59. The Morgan fingerprint density at radius 3 is 2.71 bits per heavy atom. The van der Waals surface area contributed by atoms with Crippen molar-refractivity contribution < 1.29 is 0 Å². The van der Waals surface area contributed by atoms with Crippen LogP contribution in [0.1, 0.15) is 64.1 Å². The van der Waals surface area contributed by atoms with Gasteiger partial charge < -0.3 is 5.32 Å². The fourth-order valence-corrected chi connectivity index (χ4v) is 2.15. The molecule has 2 rings (SSSR count). The average molecular weight is 235 g/mol. The summed E-state index contributed by atoms with van der Waals surface area (Å²) in [6, 6.07) is 3.43. The zero-order valence-electron chi connectivity index (χ0n) is 11.3. The van der Waals surface area contributed by atoms with Crippen LogP contribution in [0.15, 0.2) is 12.3 Å². The molecule has 3 heteroatoms. The quantitative estimate of drug-likeness (QED) is 0.821. The van der Waals surface area contributed by atoms with E-state index in [0.29, 0.717) is 12.0 Å². The van der Waals surface area contributed by atoms with Gasteiger partial charge in [-0.25, -0.2) is 0 Å². The van der Waals surface area contributed by atoms with Crippen molar-refractivity contribution in [2.45, 2.75) is 64.5 Å². The van der Waals surface area contributed by atoms with Crippen molar-refractivity contribution in [1.82, 2.24) is 15.1 Å². The Hall–Kier alpha value is -0.830. The lowest BCUT2D eigenvalue weighted by Crippen LogP contribution is -2.36. The molecule has 1 atom stereocenters. The van der Waals surface area contributed by atoms with E-state index in [1.807, 2.05) is 0 Å². The Labute approximate surface area is 105 Å². The molecule has 1 N–H and O–H groups in total. The highest BCUT2D eigenvalue weighted by atomic mass is 15.3. The van der Waals surface area contributed by atoms with Crippen LogP contribution in [0.25, 0.3) is 0 Å². The van der Waals surface area contributed by atoms with Crippen LogP contribution in [0.3, 0.4) is 0 Å². The molecule has 0 radical (unpaired) electrons. The molecule has 0 aromatic carbocycles. The Balaban J connectivity index is 1.75. The van der Waals surface area contributed by atoms with Gasteiger partial charge in [-0.1, -0.05) is 20.3 Å². The molecule has 0 bridgehead atoms. The van der Waals surface area contributed by atoms with E-state index in [9.17, 15) is 0 Å². The summed E-state index contributed by atoms with van der Waals surface area (Å²) in [4.78, 5) is 0. The van der Waals surface area contributed by atoms with Gasteiger partial charge in [-0.15, -0.1) is 0 Å². The summed E-state index contributed by atoms with van der Waals surface area (Å²) >= 11 is 0. The smallest absolute Gasteiger partial charge is 0.0650 e. The van der Waals surface area contributed by atoms with Crippen LogP contribution in [0.2, 0.25) is 0 Å². The number of nitrogens with zero attached hydrogens (tertiary/aromatic N) is 2. The van der Waals surface area contributed by atoms with Gasteiger partial charge in [0.25, 0.3) is 0 Å². The van der Waals surface area contributed by atoms with Gasteiger partial charge in [-0.2, -0.15) is 5.10 Å². The normalized spacial score (nSPS) is 18.4. The molecule has 0 aliphatic heterocycles. The summed E-state index contributed by atoms with van der Waals surface area (Å²) in [7, 11) is 0. The van der Waals surface area contributed by atoms with E-state index in [-0.39, 0.29) is 0 Å². The minimum Gasteiger partial charge on any atom is -0.314 e. The van der Waals surface area contributed by atoms with E-state index in [1.54, 1.807) is 0 Å². The van der Waals surface area contributed by atoms with Gasteiger partial charge in [0.1, 0.15) is 0 Å². The Bertz CT molecular complexity index is 339. The third-order valence-corrected chi connectivity index (χ3v) is 3.77. The van der Waals surface area contributed by atoms with Crippen LogP contribution in [-0.2, 0) is 0 Å². The maximum atomic E-state index is 4.63. The summed E-state index contributed by atoms with van der Waals surface area (Å²) in [5.74, 6) is 0.525. The number of hydrogen-bond acceptors (Lipinski definition) is 2. The summed E-state index contributed by atoms with van der Waals surface area (Å²) < 4.78 is 2.11. The lowest BCUT2D eigenvalue weighted by Gasteiger charge is -2.27. The first kappa shape index (κ1) is 12.6. The lowest BCUT2D eigenvalue weighted by molar-refractivity contribution is 0.325. The monoisotopic (exact) mass is 235 g/mol. The predicted octanol–water partition coefficient (Wildman–Crippen LogP) is 3.10. The summed E-state index contributed by atoms with van der Waals surface area (Å²) in [6.45, 7) is 7.74. The number of nitrogens with one attached hydrogen (secondary N) is 1. The van der Waals surface area contributed by atoms with Crippen LogP contribution in [0.4, 0.5) is 0 Å². The zero-order valence-corrected chi connectivity index (χ0v) is 11.3. The van der Waals surface area contributed by atoms with Gasteiger partial charge in [-0.3, -0.25) is 4.68 Å². The fraction of sp³-hybridized carbons (Fsp3) is 0.786. The third-order valence-electron chi connectivity index (χ3n) is 3.77. The van der Waals surface area contributed by atoms with Gasteiger partial charge in [0.2, 0.25) is 0 Å². The van der Waals surface area contributed by atoms with Gasteiger partial charge in [0, 0.05) is 12.2 Å². The molecular formula is C14H25N3. The van der Waals surface area contributed by atoms with E-state index in [1.165, 1.54) is 25.0 Å². The van der Waals surface area contributed by atoms with E-state index < -0.39 is 0 Å². The highest BCUT2D eigenvalue weighted by molar-refractivity contribution is 5.04. The molecule has 0 amide bonds. The molecule has 1 fully saturated rings. The second kappa shape index (κ2) is 5.67. The average Bonchev–Trinajstić information content (AvgIpc) is 2.70. The molecule has 1 saturated carbocycles. The molecule has 17 heavy (non-hydrogen) atoms. The predicted molar refractivity (Wildman–Crippen MR) is 71.3 cm³/mol. The minimum absolute atomic E-state index is 0.495. The van der Waals surface area contributed by atoms with Crippen molar-refractivity contribution in [3.63, 3.8) is 0 Å². The van der Waals surface area contributed by atoms with Gasteiger partial charge in [0.05, 0.1) is 11.7 Å². The summed E-state index contributed by atoms with van der Waals surface area (Å²) in [5.41, 5.74) is 1.20. The Morgan fingerprint density at radius 2 is 2.18 bits per heavy atom. The van der Waals surface area contributed by atoms with Crippen LogP contribution in [0, 0.1) is 0 Å². The molecule has 1 aromatic heterocycles. The molecule has 1 heterocycles. The molecule has 1 aromatic rings. The number of hydrogen-bond donors (Lipinski definition) is 1. The van der Waals surface area contributed by atoms with Crippen LogP contribution in [-0.4, -0.2) is 22.4 Å². The SMILES string of the molecule is CC(C)c1ccn(C(C)CCNC2CCC2)n1. The van der Waals surface area contributed by atoms with E-state index in [4.69, 9.17) is 0 Å². The molecule has 96 valence electrons. The fourth-order valence-electron chi connectivity index (χ4n) is 2.15. The highest BCUT2D eigenvalue weighted by Crippen LogP contribution is 2.19. The van der Waals surface area contributed by atoms with Crippen molar-refractivity contribution in [2.75, 3.05) is 6.54 Å². The first-order valence-electron chi connectivity index (χ1n) is 6.95. The van der Waals surface area contributed by atoms with Crippen molar-refractivity contribution in [1.29, 1.82) is 0 Å². The molecule has 3 nitrogen and oxygen atoms in total. The van der Waals surface area contributed by atoms with Crippen molar-refractivity contribution in [3.05, 3.63) is 18.0 Å². The number of rotatable bonds is 6. The topological polar surface area (TPSA) is 29.9 Å². The Kier molecular flexibility index (Phi) is 4.21. The molecular weight excluding hydrogens is 210 g/mol. The minimum atomic E-state index is 0.495. The maximum absolute atomic E-state index is 4.63. The second-order valence-corrected chi connectivity index (χ2v) is 5.59. The van der Waals surface area contributed by atoms with Gasteiger partial charge in [0.15, 0.2) is 0 Å². The molecule has 1 unspecified atom stereocenters. The molecule has 0 spiro atoms. The Morgan fingerprint density at radius 1 is 1.41 bits per heavy atom. The van der Waals surface area contributed by atoms with Gasteiger partial charge in [-0.05, 0) is 44.7 Å². The number of aromatic nitrogens is 2. The summed E-state index contributed by atoms with van der Waals surface area (Å²) in [5, 5.41) is 8.24. The van der Waals surface area contributed by atoms with E-state index in [0.717, 1.165) is 19.0 Å². The third kappa shape index (κ3) is 3.32. The first-order valence-corrected chi connectivity index (χ1v) is 6.95. The maximum Gasteiger partial charge on any atom is 0.0650 e. The zero-order chi connectivity index (χ0) is 12.3. The van der Waals surface area contributed by atoms with E-state index in [2.05, 4.69) is 48.1 Å². The van der Waals surface area contributed by atoms with E-state index >= 15 is 0 Å². The molecule has 1 aliphatic rings. The molecule has 0 saturated heterocycles.